The number of hydrogen-bond donors (Lipinski definition) is 1. The maximum atomic E-state index is 13.3. The van der Waals surface area contributed by atoms with Crippen molar-refractivity contribution in [3.63, 3.8) is 0 Å². The fraction of sp³-hybridized carbons (Fsp3) is 0.391. The van der Waals surface area contributed by atoms with E-state index in [1.807, 2.05) is 49.4 Å². The molecular weight excluding hydrogens is 400 g/mol. The molecular formula is C23H27ClN4O2. The van der Waals surface area contributed by atoms with Crippen molar-refractivity contribution in [1.29, 1.82) is 0 Å². The van der Waals surface area contributed by atoms with Crippen LogP contribution in [0.4, 0.5) is 4.79 Å². The molecule has 1 N–H and O–H groups in total. The monoisotopic (exact) mass is 426 g/mol. The average Bonchev–Trinajstić information content (AvgIpc) is 3.02. The third-order valence-electron chi connectivity index (χ3n) is 6.10. The minimum Gasteiger partial charge on any atom is -0.319 e. The Morgan fingerprint density at radius 1 is 0.933 bits per heavy atom. The molecule has 0 aliphatic carbocycles. The van der Waals surface area contributed by atoms with Gasteiger partial charge in [-0.15, -0.1) is 0 Å². The molecule has 0 spiro atoms. The Labute approximate surface area is 182 Å². The highest BCUT2D eigenvalue weighted by atomic mass is 35.5. The molecule has 2 heterocycles. The largest absolute Gasteiger partial charge is 0.326 e. The van der Waals surface area contributed by atoms with Crippen molar-refractivity contribution in [3.8, 4) is 0 Å². The van der Waals surface area contributed by atoms with Gasteiger partial charge in [-0.1, -0.05) is 61.0 Å². The molecule has 0 unspecified atom stereocenters. The highest BCUT2D eigenvalue weighted by Crippen LogP contribution is 2.32. The fourth-order valence-corrected chi connectivity index (χ4v) is 4.38. The van der Waals surface area contributed by atoms with Crippen LogP contribution >= 0.6 is 11.6 Å². The number of piperazine rings is 1. The smallest absolute Gasteiger partial charge is 0.319 e. The Kier molecular flexibility index (Phi) is 6.09. The minimum atomic E-state index is -0.964. The highest BCUT2D eigenvalue weighted by Gasteiger charge is 2.51. The summed E-state index contributed by atoms with van der Waals surface area (Å²) >= 11 is 5.96. The van der Waals surface area contributed by atoms with Gasteiger partial charge in [-0.3, -0.25) is 14.6 Å². The Morgan fingerprint density at radius 2 is 1.57 bits per heavy atom. The van der Waals surface area contributed by atoms with Crippen molar-refractivity contribution in [1.82, 2.24) is 20.0 Å². The zero-order chi connectivity index (χ0) is 21.1. The van der Waals surface area contributed by atoms with Crippen LogP contribution < -0.4 is 5.32 Å². The maximum absolute atomic E-state index is 13.3. The lowest BCUT2D eigenvalue weighted by Gasteiger charge is -2.36. The third kappa shape index (κ3) is 4.08. The van der Waals surface area contributed by atoms with Gasteiger partial charge in [0.1, 0.15) is 5.54 Å². The van der Waals surface area contributed by atoms with Crippen LogP contribution in [-0.4, -0.2) is 59.5 Å². The van der Waals surface area contributed by atoms with E-state index in [1.165, 1.54) is 10.5 Å². The van der Waals surface area contributed by atoms with Gasteiger partial charge in [-0.2, -0.15) is 0 Å². The molecule has 30 heavy (non-hydrogen) atoms. The Balaban J connectivity index is 1.36. The van der Waals surface area contributed by atoms with Crippen molar-refractivity contribution >= 4 is 23.5 Å². The van der Waals surface area contributed by atoms with Gasteiger partial charge in [0.05, 0.1) is 6.67 Å². The van der Waals surface area contributed by atoms with E-state index in [0.29, 0.717) is 13.1 Å². The predicted molar refractivity (Wildman–Crippen MR) is 117 cm³/mol. The van der Waals surface area contributed by atoms with Gasteiger partial charge < -0.3 is 5.32 Å². The number of amides is 3. The van der Waals surface area contributed by atoms with E-state index in [1.54, 1.807) is 0 Å². The van der Waals surface area contributed by atoms with Crippen molar-refractivity contribution in [2.24, 2.45) is 0 Å². The number of carbonyl (C=O) groups is 2. The number of rotatable bonds is 6. The second kappa shape index (κ2) is 8.76. The molecule has 0 aromatic heterocycles. The van der Waals surface area contributed by atoms with E-state index in [4.69, 9.17) is 11.6 Å². The summed E-state index contributed by atoms with van der Waals surface area (Å²) in [6.07, 6.45) is 0.521. The summed E-state index contributed by atoms with van der Waals surface area (Å²) in [7, 11) is 0. The zero-order valence-corrected chi connectivity index (χ0v) is 17.9. The molecule has 0 radical (unpaired) electrons. The number of urea groups is 1. The molecule has 2 aliphatic heterocycles. The summed E-state index contributed by atoms with van der Waals surface area (Å²) in [5.41, 5.74) is 1.10. The SMILES string of the molecule is CC[C@]1(c2ccccc2)NC(=O)N(CN2CCN(Cc3ccc(Cl)cc3)CC2)C1=O. The number of benzene rings is 2. The van der Waals surface area contributed by atoms with Gasteiger partial charge >= 0.3 is 6.03 Å². The van der Waals surface area contributed by atoms with Crippen molar-refractivity contribution in [2.75, 3.05) is 32.8 Å². The molecule has 0 bridgehead atoms. The number of nitrogens with one attached hydrogen (secondary N) is 1. The first-order valence-electron chi connectivity index (χ1n) is 10.4. The minimum absolute atomic E-state index is 0.162. The third-order valence-corrected chi connectivity index (χ3v) is 6.35. The summed E-state index contributed by atoms with van der Waals surface area (Å²) in [6.45, 7) is 6.55. The Morgan fingerprint density at radius 3 is 2.20 bits per heavy atom. The van der Waals surface area contributed by atoms with Gasteiger partial charge in [-0.05, 0) is 29.7 Å². The quantitative estimate of drug-likeness (QED) is 0.720. The van der Waals surface area contributed by atoms with E-state index in [2.05, 4.69) is 27.2 Å². The summed E-state index contributed by atoms with van der Waals surface area (Å²) in [4.78, 5) is 31.9. The lowest BCUT2D eigenvalue weighted by molar-refractivity contribution is -0.133. The van der Waals surface area contributed by atoms with E-state index in [9.17, 15) is 9.59 Å². The van der Waals surface area contributed by atoms with E-state index < -0.39 is 5.54 Å². The molecule has 158 valence electrons. The van der Waals surface area contributed by atoms with Gasteiger partial charge in [0.25, 0.3) is 5.91 Å². The van der Waals surface area contributed by atoms with Crippen LogP contribution in [0.1, 0.15) is 24.5 Å². The molecule has 1 atom stereocenters. The van der Waals surface area contributed by atoms with Crippen LogP contribution in [0.2, 0.25) is 5.02 Å². The van der Waals surface area contributed by atoms with Crippen LogP contribution in [0.25, 0.3) is 0 Å². The van der Waals surface area contributed by atoms with Gasteiger partial charge in [0, 0.05) is 37.7 Å². The van der Waals surface area contributed by atoms with Crippen LogP contribution in [0.15, 0.2) is 54.6 Å². The van der Waals surface area contributed by atoms with E-state index in [0.717, 1.165) is 43.3 Å². The highest BCUT2D eigenvalue weighted by molar-refractivity contribution is 6.30. The number of halogens is 1. The summed E-state index contributed by atoms with van der Waals surface area (Å²) < 4.78 is 0. The predicted octanol–water partition coefficient (Wildman–Crippen LogP) is 3.27. The molecule has 2 aromatic rings. The van der Waals surface area contributed by atoms with Crippen LogP contribution in [0.5, 0.6) is 0 Å². The van der Waals surface area contributed by atoms with Crippen LogP contribution in [0, 0.1) is 0 Å². The average molecular weight is 427 g/mol. The molecule has 2 aliphatic rings. The summed E-state index contributed by atoms with van der Waals surface area (Å²) in [5.74, 6) is -0.162. The second-order valence-electron chi connectivity index (χ2n) is 7.95. The normalized spacial score (nSPS) is 23.1. The fourth-order valence-electron chi connectivity index (χ4n) is 4.25. The zero-order valence-electron chi connectivity index (χ0n) is 17.2. The number of imide groups is 1. The Bertz CT molecular complexity index is 897. The van der Waals surface area contributed by atoms with Gasteiger partial charge in [-0.25, -0.2) is 9.69 Å². The molecule has 3 amide bonds. The number of carbonyl (C=O) groups excluding carboxylic acids is 2. The maximum Gasteiger partial charge on any atom is 0.326 e. The van der Waals surface area contributed by atoms with E-state index >= 15 is 0 Å². The van der Waals surface area contributed by atoms with Gasteiger partial charge in [0.15, 0.2) is 0 Å². The van der Waals surface area contributed by atoms with Crippen molar-refractivity contribution in [3.05, 3.63) is 70.7 Å². The molecule has 2 aromatic carbocycles. The summed E-state index contributed by atoms with van der Waals surface area (Å²) in [5, 5.41) is 3.70. The first-order valence-corrected chi connectivity index (χ1v) is 10.8. The standard InChI is InChI=1S/C23H27ClN4O2/c1-2-23(19-6-4-3-5-7-19)21(29)28(22(30)25-23)17-27-14-12-26(13-15-27)16-18-8-10-20(24)11-9-18/h3-11H,2,12-17H2,1H3,(H,25,30)/t23-/m1/s1. The first-order chi connectivity index (χ1) is 14.5. The summed E-state index contributed by atoms with van der Waals surface area (Å²) in [6, 6.07) is 17.1. The molecule has 0 saturated carbocycles. The molecule has 7 heteroatoms. The number of hydrogen-bond acceptors (Lipinski definition) is 4. The van der Waals surface area contributed by atoms with E-state index in [-0.39, 0.29) is 11.9 Å². The van der Waals surface area contributed by atoms with Crippen molar-refractivity contribution in [2.45, 2.75) is 25.4 Å². The Hall–Kier alpha value is -2.41. The first kappa shape index (κ1) is 20.8. The van der Waals surface area contributed by atoms with Crippen LogP contribution in [0.3, 0.4) is 0 Å². The molecule has 2 fully saturated rings. The van der Waals surface area contributed by atoms with Crippen molar-refractivity contribution < 1.29 is 9.59 Å². The lowest BCUT2D eigenvalue weighted by Crippen LogP contribution is -2.51. The molecule has 2 saturated heterocycles. The number of nitrogens with zero attached hydrogens (tertiary/aromatic N) is 3. The lowest BCUT2D eigenvalue weighted by atomic mass is 9.87. The topological polar surface area (TPSA) is 55.9 Å². The van der Waals surface area contributed by atoms with Gasteiger partial charge in [0.2, 0.25) is 0 Å². The van der Waals surface area contributed by atoms with Crippen LogP contribution in [-0.2, 0) is 16.9 Å². The molecule has 4 rings (SSSR count). The second-order valence-corrected chi connectivity index (χ2v) is 8.39. The molecule has 6 nitrogen and oxygen atoms in total.